The lowest BCUT2D eigenvalue weighted by Crippen LogP contribution is -2.52. The molecule has 0 aromatic carbocycles. The van der Waals surface area contributed by atoms with E-state index >= 15 is 0 Å². The Bertz CT molecular complexity index is 383. The molecule has 0 aromatic rings. The highest BCUT2D eigenvalue weighted by Crippen LogP contribution is 2.25. The molecule has 1 aliphatic carbocycles. The van der Waals surface area contributed by atoms with Crippen LogP contribution in [0, 0.1) is 5.92 Å². The first kappa shape index (κ1) is 14.0. The Hall–Kier alpha value is -1.43. The molecule has 6 nitrogen and oxygen atoms in total. The summed E-state index contributed by atoms with van der Waals surface area (Å²) in [5.41, 5.74) is 5.89. The van der Waals surface area contributed by atoms with Crippen LogP contribution in [0.4, 0.5) is 0 Å². The minimum Gasteiger partial charge on any atom is -0.344 e. The monoisotopic (exact) mass is 267 g/mol. The molecule has 3 amide bonds. The van der Waals surface area contributed by atoms with Crippen molar-refractivity contribution in [1.82, 2.24) is 10.6 Å². The predicted molar refractivity (Wildman–Crippen MR) is 68.9 cm³/mol. The molecule has 1 heterocycles. The van der Waals surface area contributed by atoms with Crippen LogP contribution in [0.2, 0.25) is 0 Å². The van der Waals surface area contributed by atoms with Crippen molar-refractivity contribution >= 4 is 17.7 Å². The van der Waals surface area contributed by atoms with Gasteiger partial charge in [0.1, 0.15) is 6.04 Å². The Morgan fingerprint density at radius 2 is 2.11 bits per heavy atom. The molecule has 1 saturated carbocycles. The number of carbonyl (C=O) groups is 3. The molecule has 1 aliphatic heterocycles. The molecular weight excluding hydrogens is 246 g/mol. The van der Waals surface area contributed by atoms with Crippen molar-refractivity contribution in [2.45, 2.75) is 57.0 Å². The molecule has 0 radical (unpaired) electrons. The fourth-order valence-corrected chi connectivity index (χ4v) is 2.86. The third kappa shape index (κ3) is 4.02. The lowest BCUT2D eigenvalue weighted by molar-refractivity contribution is -0.137. The number of nitrogens with one attached hydrogen (secondary N) is 2. The Balaban J connectivity index is 1.77. The Morgan fingerprint density at radius 1 is 1.32 bits per heavy atom. The quantitative estimate of drug-likeness (QED) is 0.617. The highest BCUT2D eigenvalue weighted by molar-refractivity contribution is 6.01. The van der Waals surface area contributed by atoms with Crippen molar-refractivity contribution in [3.63, 3.8) is 0 Å². The minimum absolute atomic E-state index is 0.117. The maximum Gasteiger partial charge on any atom is 0.249 e. The second-order valence-corrected chi connectivity index (χ2v) is 5.57. The summed E-state index contributed by atoms with van der Waals surface area (Å²) in [5, 5.41) is 4.94. The van der Waals surface area contributed by atoms with Gasteiger partial charge in [0, 0.05) is 18.9 Å². The van der Waals surface area contributed by atoms with Crippen LogP contribution in [0.1, 0.15) is 44.9 Å². The average molecular weight is 267 g/mol. The van der Waals surface area contributed by atoms with Crippen LogP contribution < -0.4 is 16.4 Å². The van der Waals surface area contributed by atoms with E-state index < -0.39 is 11.9 Å². The third-order valence-corrected chi connectivity index (χ3v) is 3.87. The van der Waals surface area contributed by atoms with Gasteiger partial charge < -0.3 is 11.1 Å². The summed E-state index contributed by atoms with van der Waals surface area (Å²) >= 11 is 0. The van der Waals surface area contributed by atoms with E-state index in [1.165, 1.54) is 0 Å². The van der Waals surface area contributed by atoms with Crippen molar-refractivity contribution < 1.29 is 14.4 Å². The van der Waals surface area contributed by atoms with E-state index in [0.717, 1.165) is 25.7 Å². The van der Waals surface area contributed by atoms with Gasteiger partial charge in [-0.05, 0) is 31.6 Å². The minimum atomic E-state index is -0.567. The number of hydrogen-bond acceptors (Lipinski definition) is 4. The summed E-state index contributed by atoms with van der Waals surface area (Å²) < 4.78 is 0. The molecule has 106 valence electrons. The fraction of sp³-hybridized carbons (Fsp3) is 0.769. The van der Waals surface area contributed by atoms with Crippen LogP contribution in [0.25, 0.3) is 0 Å². The van der Waals surface area contributed by atoms with Crippen LogP contribution in [-0.2, 0) is 14.4 Å². The number of amides is 3. The molecule has 2 rings (SSSR count). The summed E-state index contributed by atoms with van der Waals surface area (Å²) in [6.07, 6.45) is 5.10. The van der Waals surface area contributed by atoms with E-state index in [2.05, 4.69) is 10.6 Å². The molecule has 3 unspecified atom stereocenters. The Morgan fingerprint density at radius 3 is 2.79 bits per heavy atom. The number of nitrogens with two attached hydrogens (primary N) is 1. The molecule has 4 N–H and O–H groups in total. The summed E-state index contributed by atoms with van der Waals surface area (Å²) in [5.74, 6) is -0.468. The van der Waals surface area contributed by atoms with Crippen LogP contribution in [-0.4, -0.2) is 29.8 Å². The molecule has 0 aromatic heterocycles. The Kier molecular flexibility index (Phi) is 4.52. The molecule has 0 spiro atoms. The van der Waals surface area contributed by atoms with E-state index in [1.807, 2.05) is 0 Å². The Labute approximate surface area is 112 Å². The van der Waals surface area contributed by atoms with Gasteiger partial charge in [-0.25, -0.2) is 0 Å². The van der Waals surface area contributed by atoms with E-state index in [4.69, 9.17) is 5.73 Å². The van der Waals surface area contributed by atoms with Crippen LogP contribution in [0.5, 0.6) is 0 Å². The van der Waals surface area contributed by atoms with Crippen LogP contribution in [0.3, 0.4) is 0 Å². The van der Waals surface area contributed by atoms with Crippen molar-refractivity contribution in [2.24, 2.45) is 11.7 Å². The normalized spacial score (nSPS) is 31.7. The number of piperidine rings is 1. The summed E-state index contributed by atoms with van der Waals surface area (Å²) in [6, 6.07) is -0.371. The molecule has 2 aliphatic rings. The van der Waals surface area contributed by atoms with Gasteiger partial charge in [0.15, 0.2) is 0 Å². The topological polar surface area (TPSA) is 101 Å². The van der Waals surface area contributed by atoms with Gasteiger partial charge in [0.2, 0.25) is 17.7 Å². The molecule has 3 atom stereocenters. The number of hydrogen-bond donors (Lipinski definition) is 3. The van der Waals surface area contributed by atoms with E-state index in [0.29, 0.717) is 18.8 Å². The van der Waals surface area contributed by atoms with Gasteiger partial charge in [-0.15, -0.1) is 0 Å². The number of imide groups is 1. The van der Waals surface area contributed by atoms with Gasteiger partial charge in [-0.2, -0.15) is 0 Å². The highest BCUT2D eigenvalue weighted by Gasteiger charge is 2.29. The van der Waals surface area contributed by atoms with E-state index in [1.54, 1.807) is 0 Å². The zero-order valence-electron chi connectivity index (χ0n) is 11.0. The van der Waals surface area contributed by atoms with E-state index in [-0.39, 0.29) is 24.3 Å². The fourth-order valence-electron chi connectivity index (χ4n) is 2.86. The number of rotatable bonds is 3. The molecular formula is C13H21N3O3. The first-order chi connectivity index (χ1) is 9.04. The van der Waals surface area contributed by atoms with Crippen molar-refractivity contribution in [2.75, 3.05) is 0 Å². The smallest absolute Gasteiger partial charge is 0.249 e. The van der Waals surface area contributed by atoms with Crippen molar-refractivity contribution in [3.8, 4) is 0 Å². The first-order valence-corrected chi connectivity index (χ1v) is 6.93. The summed E-state index contributed by atoms with van der Waals surface area (Å²) in [6.45, 7) is 0. The maximum absolute atomic E-state index is 11.9. The zero-order valence-corrected chi connectivity index (χ0v) is 11.0. The highest BCUT2D eigenvalue weighted by atomic mass is 16.2. The van der Waals surface area contributed by atoms with Crippen molar-refractivity contribution in [3.05, 3.63) is 0 Å². The molecule has 19 heavy (non-hydrogen) atoms. The van der Waals surface area contributed by atoms with Gasteiger partial charge in [0.05, 0.1) is 0 Å². The first-order valence-electron chi connectivity index (χ1n) is 6.93. The molecule has 0 bridgehead atoms. The van der Waals surface area contributed by atoms with Gasteiger partial charge in [-0.1, -0.05) is 6.42 Å². The predicted octanol–water partition coefficient (Wildman–Crippen LogP) is -0.185. The third-order valence-electron chi connectivity index (χ3n) is 3.87. The standard InChI is InChI=1S/C13H21N3O3/c14-9-3-1-2-8(6-9)7-12(18)15-10-4-5-11(17)16-13(10)19/h8-10H,1-7,14H2,(H,15,18)(H,16,17,19). The lowest BCUT2D eigenvalue weighted by Gasteiger charge is -2.27. The zero-order chi connectivity index (χ0) is 13.8. The maximum atomic E-state index is 11.9. The largest absolute Gasteiger partial charge is 0.344 e. The average Bonchev–Trinajstić information content (AvgIpc) is 2.33. The SMILES string of the molecule is NC1CCCC(CC(=O)NC2CCC(=O)NC2=O)C1. The van der Waals surface area contributed by atoms with Crippen molar-refractivity contribution in [1.29, 1.82) is 0 Å². The van der Waals surface area contributed by atoms with Crippen LogP contribution in [0.15, 0.2) is 0 Å². The second-order valence-electron chi connectivity index (χ2n) is 5.57. The van der Waals surface area contributed by atoms with Gasteiger partial charge in [-0.3, -0.25) is 19.7 Å². The van der Waals surface area contributed by atoms with Gasteiger partial charge in [0.25, 0.3) is 0 Å². The van der Waals surface area contributed by atoms with Gasteiger partial charge >= 0.3 is 0 Å². The molecule has 2 fully saturated rings. The molecule has 1 saturated heterocycles. The lowest BCUT2D eigenvalue weighted by atomic mass is 9.84. The second kappa shape index (κ2) is 6.14. The molecule has 6 heteroatoms. The summed E-state index contributed by atoms with van der Waals surface area (Å²) in [7, 11) is 0. The van der Waals surface area contributed by atoms with Crippen LogP contribution >= 0.6 is 0 Å². The van der Waals surface area contributed by atoms with E-state index in [9.17, 15) is 14.4 Å². The number of carbonyl (C=O) groups excluding carboxylic acids is 3. The summed E-state index contributed by atoms with van der Waals surface area (Å²) in [4.78, 5) is 34.4.